The van der Waals surface area contributed by atoms with E-state index >= 15 is 0 Å². The van der Waals surface area contributed by atoms with E-state index in [2.05, 4.69) is 6.92 Å². The standard InChI is InChI=1S/C16H21O5P/c1-4-5-8-12-11-15(17)13-9-6-7-10-14(13)16(12)21-22(18,19-2)20-3/h6-7,9-11,17H,4-5,8H2,1-3H3. The maximum absolute atomic E-state index is 12.3. The van der Waals surface area contributed by atoms with Gasteiger partial charge in [0.2, 0.25) is 0 Å². The lowest BCUT2D eigenvalue weighted by molar-refractivity contribution is 0.211. The molecule has 0 unspecified atom stereocenters. The first-order chi connectivity index (χ1) is 10.5. The lowest BCUT2D eigenvalue weighted by Crippen LogP contribution is -2.01. The van der Waals surface area contributed by atoms with Crippen LogP contribution in [0.5, 0.6) is 11.5 Å². The first-order valence-electron chi connectivity index (χ1n) is 7.19. The summed E-state index contributed by atoms with van der Waals surface area (Å²) >= 11 is 0. The van der Waals surface area contributed by atoms with Crippen molar-refractivity contribution in [1.29, 1.82) is 0 Å². The van der Waals surface area contributed by atoms with Crippen LogP contribution in [-0.4, -0.2) is 19.3 Å². The molecule has 0 saturated heterocycles. The summed E-state index contributed by atoms with van der Waals surface area (Å²) in [4.78, 5) is 0. The topological polar surface area (TPSA) is 65.0 Å². The zero-order chi connectivity index (χ0) is 16.2. The van der Waals surface area contributed by atoms with Crippen LogP contribution >= 0.6 is 7.82 Å². The van der Waals surface area contributed by atoms with Gasteiger partial charge in [0.15, 0.2) is 0 Å². The van der Waals surface area contributed by atoms with Crippen LogP contribution in [0, 0.1) is 0 Å². The second kappa shape index (κ2) is 7.14. The van der Waals surface area contributed by atoms with Crippen LogP contribution in [-0.2, 0) is 20.0 Å². The molecule has 6 heteroatoms. The summed E-state index contributed by atoms with van der Waals surface area (Å²) in [6.07, 6.45) is 2.63. The first kappa shape index (κ1) is 16.8. The fourth-order valence-corrected chi connectivity index (χ4v) is 3.04. The van der Waals surface area contributed by atoms with Gasteiger partial charge in [0, 0.05) is 25.0 Å². The Labute approximate surface area is 130 Å². The van der Waals surface area contributed by atoms with Gasteiger partial charge in [-0.25, -0.2) is 4.57 Å². The maximum atomic E-state index is 12.3. The largest absolute Gasteiger partial charge is 0.529 e. The van der Waals surface area contributed by atoms with Crippen molar-refractivity contribution in [2.45, 2.75) is 26.2 Å². The van der Waals surface area contributed by atoms with E-state index in [0.29, 0.717) is 22.9 Å². The summed E-state index contributed by atoms with van der Waals surface area (Å²) < 4.78 is 27.7. The van der Waals surface area contributed by atoms with Crippen LogP contribution in [0.1, 0.15) is 25.3 Å². The van der Waals surface area contributed by atoms with Crippen molar-refractivity contribution in [1.82, 2.24) is 0 Å². The SMILES string of the molecule is CCCCc1cc(O)c2ccccc2c1OP(=O)(OC)OC. The maximum Gasteiger partial charge on any atom is 0.529 e. The highest BCUT2D eigenvalue weighted by Gasteiger charge is 2.27. The van der Waals surface area contributed by atoms with Crippen molar-refractivity contribution in [3.05, 3.63) is 35.9 Å². The molecule has 2 aromatic rings. The van der Waals surface area contributed by atoms with Crippen LogP contribution < -0.4 is 4.52 Å². The van der Waals surface area contributed by atoms with E-state index in [1.807, 2.05) is 18.2 Å². The van der Waals surface area contributed by atoms with E-state index in [4.69, 9.17) is 13.6 Å². The third-order valence-electron chi connectivity index (χ3n) is 3.50. The highest BCUT2D eigenvalue weighted by Crippen LogP contribution is 2.51. The number of phenols is 1. The Kier molecular flexibility index (Phi) is 5.46. The molecule has 2 aromatic carbocycles. The third-order valence-corrected chi connectivity index (χ3v) is 4.80. The van der Waals surface area contributed by atoms with Gasteiger partial charge in [-0.05, 0) is 24.5 Å². The molecule has 0 aliphatic carbocycles. The van der Waals surface area contributed by atoms with Gasteiger partial charge in [0.1, 0.15) is 11.5 Å². The number of unbranched alkanes of at least 4 members (excludes halogenated alkanes) is 1. The minimum Gasteiger partial charge on any atom is -0.507 e. The summed E-state index contributed by atoms with van der Waals surface area (Å²) in [5, 5.41) is 11.5. The predicted molar refractivity (Wildman–Crippen MR) is 86.5 cm³/mol. The second-order valence-electron chi connectivity index (χ2n) is 4.94. The molecule has 0 radical (unpaired) electrons. The minimum atomic E-state index is -3.66. The fourth-order valence-electron chi connectivity index (χ4n) is 2.31. The molecular formula is C16H21O5P. The number of phosphoric ester groups is 1. The molecular weight excluding hydrogens is 303 g/mol. The molecule has 0 saturated carbocycles. The molecule has 0 aliphatic rings. The molecule has 1 N–H and O–H groups in total. The number of aromatic hydroxyl groups is 1. The van der Waals surface area contributed by atoms with Crippen LogP contribution in [0.2, 0.25) is 0 Å². The zero-order valence-electron chi connectivity index (χ0n) is 13.0. The molecule has 0 atom stereocenters. The van der Waals surface area contributed by atoms with Crippen molar-refractivity contribution in [3.63, 3.8) is 0 Å². The van der Waals surface area contributed by atoms with Crippen molar-refractivity contribution < 1.29 is 23.2 Å². The number of benzene rings is 2. The number of hydrogen-bond donors (Lipinski definition) is 1. The van der Waals surface area contributed by atoms with Gasteiger partial charge in [-0.2, -0.15) is 0 Å². The molecule has 2 rings (SSSR count). The summed E-state index contributed by atoms with van der Waals surface area (Å²) in [6, 6.07) is 8.91. The Morgan fingerprint density at radius 1 is 1.14 bits per heavy atom. The van der Waals surface area contributed by atoms with E-state index < -0.39 is 7.82 Å². The highest BCUT2D eigenvalue weighted by molar-refractivity contribution is 7.48. The van der Waals surface area contributed by atoms with E-state index in [1.54, 1.807) is 12.1 Å². The summed E-state index contributed by atoms with van der Waals surface area (Å²) in [5.41, 5.74) is 0.785. The molecule has 0 aromatic heterocycles. The predicted octanol–water partition coefficient (Wildman–Crippen LogP) is 4.67. The molecule has 22 heavy (non-hydrogen) atoms. The monoisotopic (exact) mass is 324 g/mol. The first-order valence-corrected chi connectivity index (χ1v) is 8.65. The van der Waals surface area contributed by atoms with E-state index in [9.17, 15) is 9.67 Å². The Hall–Kier alpha value is -1.55. The normalized spacial score (nSPS) is 11.8. The Balaban J connectivity index is 2.61. The summed E-state index contributed by atoms with van der Waals surface area (Å²) in [7, 11) is -1.11. The van der Waals surface area contributed by atoms with Crippen molar-refractivity contribution in [3.8, 4) is 11.5 Å². The minimum absolute atomic E-state index is 0.179. The van der Waals surface area contributed by atoms with Gasteiger partial charge >= 0.3 is 7.82 Å². The smallest absolute Gasteiger partial charge is 0.507 e. The molecule has 0 aliphatic heterocycles. The van der Waals surface area contributed by atoms with Gasteiger partial charge in [-0.15, -0.1) is 0 Å². The summed E-state index contributed by atoms with van der Waals surface area (Å²) in [5.74, 6) is 0.618. The average Bonchev–Trinajstić information content (AvgIpc) is 2.55. The van der Waals surface area contributed by atoms with E-state index in [1.165, 1.54) is 14.2 Å². The quantitative estimate of drug-likeness (QED) is 0.750. The van der Waals surface area contributed by atoms with Crippen LogP contribution in [0.3, 0.4) is 0 Å². The number of hydrogen-bond acceptors (Lipinski definition) is 5. The zero-order valence-corrected chi connectivity index (χ0v) is 13.9. The lowest BCUT2D eigenvalue weighted by Gasteiger charge is -2.19. The van der Waals surface area contributed by atoms with Gasteiger partial charge in [0.05, 0.1) is 0 Å². The van der Waals surface area contributed by atoms with Crippen LogP contribution in [0.15, 0.2) is 30.3 Å². The molecule has 0 heterocycles. The molecule has 0 fully saturated rings. The Morgan fingerprint density at radius 2 is 1.77 bits per heavy atom. The lowest BCUT2D eigenvalue weighted by atomic mass is 10.0. The van der Waals surface area contributed by atoms with Crippen molar-refractivity contribution >= 4 is 18.6 Å². The molecule has 0 amide bonds. The van der Waals surface area contributed by atoms with E-state index in [-0.39, 0.29) is 5.75 Å². The molecule has 120 valence electrons. The average molecular weight is 324 g/mol. The number of phosphoric acid groups is 1. The van der Waals surface area contributed by atoms with E-state index in [0.717, 1.165) is 18.4 Å². The summed E-state index contributed by atoms with van der Waals surface area (Å²) in [6.45, 7) is 2.08. The van der Waals surface area contributed by atoms with Gasteiger partial charge < -0.3 is 9.63 Å². The third kappa shape index (κ3) is 3.43. The second-order valence-corrected chi connectivity index (χ2v) is 6.74. The molecule has 0 spiro atoms. The Bertz CT molecular complexity index is 690. The van der Waals surface area contributed by atoms with Gasteiger partial charge in [-0.3, -0.25) is 9.05 Å². The number of aryl methyl sites for hydroxylation is 1. The van der Waals surface area contributed by atoms with Crippen LogP contribution in [0.4, 0.5) is 0 Å². The molecule has 0 bridgehead atoms. The molecule has 5 nitrogen and oxygen atoms in total. The van der Waals surface area contributed by atoms with Gasteiger partial charge in [0.25, 0.3) is 0 Å². The van der Waals surface area contributed by atoms with Crippen LogP contribution in [0.25, 0.3) is 10.8 Å². The van der Waals surface area contributed by atoms with Crippen molar-refractivity contribution in [2.75, 3.05) is 14.2 Å². The number of phenolic OH excluding ortho intramolecular Hbond substituents is 1. The fraction of sp³-hybridized carbons (Fsp3) is 0.375. The van der Waals surface area contributed by atoms with Gasteiger partial charge in [-0.1, -0.05) is 37.6 Å². The number of fused-ring (bicyclic) bond motifs is 1. The van der Waals surface area contributed by atoms with Crippen molar-refractivity contribution in [2.24, 2.45) is 0 Å². The number of rotatable bonds is 7. The highest BCUT2D eigenvalue weighted by atomic mass is 31.2. The Morgan fingerprint density at radius 3 is 2.36 bits per heavy atom.